The van der Waals surface area contributed by atoms with Gasteiger partial charge in [-0.2, -0.15) is 0 Å². The Morgan fingerprint density at radius 1 is 0.917 bits per heavy atom. The summed E-state index contributed by atoms with van der Waals surface area (Å²) < 4.78 is 5.41. The van der Waals surface area contributed by atoms with E-state index in [4.69, 9.17) is 4.74 Å². The van der Waals surface area contributed by atoms with Gasteiger partial charge in [0.1, 0.15) is 6.10 Å². The molecular formula is C22H38O2. The molecule has 0 unspecified atom stereocenters. The lowest BCUT2D eigenvalue weighted by molar-refractivity contribution is -0.145. The lowest BCUT2D eigenvalue weighted by atomic mass is 9.70. The summed E-state index contributed by atoms with van der Waals surface area (Å²) in [4.78, 5) is 11.3. The molecule has 24 heavy (non-hydrogen) atoms. The molecule has 0 heterocycles. The molecule has 0 aromatic carbocycles. The minimum absolute atomic E-state index is 0.145. The fraction of sp³-hybridized carbons (Fsp3) is 0.864. The molecule has 0 N–H and O–H groups in total. The molecule has 0 amide bonds. The zero-order valence-corrected chi connectivity index (χ0v) is 15.8. The minimum Gasteiger partial charge on any atom is -0.459 e. The van der Waals surface area contributed by atoms with Gasteiger partial charge in [0.25, 0.3) is 0 Å². The van der Waals surface area contributed by atoms with Crippen molar-refractivity contribution in [3.63, 3.8) is 0 Å². The van der Waals surface area contributed by atoms with Crippen molar-refractivity contribution in [3.05, 3.63) is 12.7 Å². The van der Waals surface area contributed by atoms with E-state index in [0.29, 0.717) is 0 Å². The molecule has 2 aliphatic rings. The molecule has 0 atom stereocenters. The molecule has 2 aliphatic carbocycles. The van der Waals surface area contributed by atoms with Gasteiger partial charge in [-0.3, -0.25) is 0 Å². The molecule has 138 valence electrons. The van der Waals surface area contributed by atoms with Crippen LogP contribution in [0.2, 0.25) is 0 Å². The van der Waals surface area contributed by atoms with E-state index in [1.807, 2.05) is 0 Å². The quantitative estimate of drug-likeness (QED) is 0.275. The standard InChI is InChI=1S/C22H38O2/c1-3-5-6-7-8-9-18-10-12-19(13-11-18)20-14-16-21(17-15-20)24-22(23)4-2/h4,18-21H,2-3,5-17H2,1H3. The molecule has 2 nitrogen and oxygen atoms in total. The topological polar surface area (TPSA) is 26.3 Å². The number of ether oxygens (including phenoxy) is 1. The van der Waals surface area contributed by atoms with E-state index in [0.717, 1.165) is 30.6 Å². The Balaban J connectivity index is 1.58. The lowest BCUT2D eigenvalue weighted by Gasteiger charge is -2.37. The molecule has 2 fully saturated rings. The van der Waals surface area contributed by atoms with Gasteiger partial charge in [0.05, 0.1) is 0 Å². The van der Waals surface area contributed by atoms with Crippen LogP contribution >= 0.6 is 0 Å². The number of rotatable bonds is 9. The maximum Gasteiger partial charge on any atom is 0.330 e. The van der Waals surface area contributed by atoms with Crippen LogP contribution in [0.1, 0.15) is 96.8 Å². The van der Waals surface area contributed by atoms with Gasteiger partial charge >= 0.3 is 5.97 Å². The highest BCUT2D eigenvalue weighted by atomic mass is 16.5. The molecule has 2 saturated carbocycles. The van der Waals surface area contributed by atoms with Crippen molar-refractivity contribution in [1.29, 1.82) is 0 Å². The number of esters is 1. The summed E-state index contributed by atoms with van der Waals surface area (Å²) >= 11 is 0. The SMILES string of the molecule is C=CC(=O)OC1CCC(C2CCC(CCCCCCC)CC2)CC1. The van der Waals surface area contributed by atoms with E-state index < -0.39 is 0 Å². The third-order valence-corrected chi connectivity index (χ3v) is 6.44. The summed E-state index contributed by atoms with van der Waals surface area (Å²) in [6, 6.07) is 0. The lowest BCUT2D eigenvalue weighted by Crippen LogP contribution is -2.29. The molecule has 0 aromatic heterocycles. The molecule has 2 heteroatoms. The van der Waals surface area contributed by atoms with E-state index in [2.05, 4.69) is 13.5 Å². The number of carbonyl (C=O) groups excluding carboxylic acids is 1. The van der Waals surface area contributed by atoms with Gasteiger partial charge in [-0.05, 0) is 56.3 Å². The van der Waals surface area contributed by atoms with Crippen LogP contribution < -0.4 is 0 Å². The van der Waals surface area contributed by atoms with Crippen molar-refractivity contribution in [2.75, 3.05) is 0 Å². The first kappa shape index (κ1) is 19.5. The van der Waals surface area contributed by atoms with E-state index in [9.17, 15) is 4.79 Å². The fourth-order valence-corrected chi connectivity index (χ4v) is 4.88. The van der Waals surface area contributed by atoms with Crippen molar-refractivity contribution in [2.45, 2.75) is 103 Å². The molecule has 0 spiro atoms. The number of hydrogen-bond donors (Lipinski definition) is 0. The summed E-state index contributed by atoms with van der Waals surface area (Å²) in [7, 11) is 0. The summed E-state index contributed by atoms with van der Waals surface area (Å²) in [6.07, 6.45) is 20.4. The maximum atomic E-state index is 11.3. The second-order valence-corrected chi connectivity index (χ2v) is 8.16. The number of hydrogen-bond acceptors (Lipinski definition) is 2. The highest BCUT2D eigenvalue weighted by Gasteiger charge is 2.31. The number of unbranched alkanes of at least 4 members (excludes halogenated alkanes) is 4. The summed E-state index contributed by atoms with van der Waals surface area (Å²) in [5.41, 5.74) is 0. The monoisotopic (exact) mass is 334 g/mol. The number of carbonyl (C=O) groups is 1. The van der Waals surface area contributed by atoms with Crippen LogP contribution in [0.3, 0.4) is 0 Å². The summed E-state index contributed by atoms with van der Waals surface area (Å²) in [5.74, 6) is 2.58. The van der Waals surface area contributed by atoms with Gasteiger partial charge in [0, 0.05) is 6.08 Å². The smallest absolute Gasteiger partial charge is 0.330 e. The van der Waals surface area contributed by atoms with Gasteiger partial charge in [0.2, 0.25) is 0 Å². The Morgan fingerprint density at radius 2 is 1.50 bits per heavy atom. The van der Waals surface area contributed by atoms with Gasteiger partial charge in [0.15, 0.2) is 0 Å². The summed E-state index contributed by atoms with van der Waals surface area (Å²) in [5, 5.41) is 0. The molecule has 0 saturated heterocycles. The Bertz CT molecular complexity index is 360. The van der Waals surface area contributed by atoms with E-state index in [1.165, 1.54) is 83.1 Å². The van der Waals surface area contributed by atoms with Crippen molar-refractivity contribution in [1.82, 2.24) is 0 Å². The Morgan fingerprint density at radius 3 is 2.08 bits per heavy atom. The molecule has 0 aromatic rings. The predicted octanol–water partition coefficient (Wildman–Crippen LogP) is 6.44. The highest BCUT2D eigenvalue weighted by Crippen LogP contribution is 2.41. The van der Waals surface area contributed by atoms with Gasteiger partial charge < -0.3 is 4.74 Å². The summed E-state index contributed by atoms with van der Waals surface area (Å²) in [6.45, 7) is 5.77. The molecule has 0 radical (unpaired) electrons. The third kappa shape index (κ3) is 6.61. The van der Waals surface area contributed by atoms with Crippen molar-refractivity contribution < 1.29 is 9.53 Å². The van der Waals surface area contributed by atoms with E-state index >= 15 is 0 Å². The average Bonchev–Trinajstić information content (AvgIpc) is 2.63. The van der Waals surface area contributed by atoms with Crippen molar-refractivity contribution in [2.24, 2.45) is 17.8 Å². The first-order valence-corrected chi connectivity index (χ1v) is 10.6. The zero-order valence-electron chi connectivity index (χ0n) is 15.8. The molecule has 0 aliphatic heterocycles. The molecule has 2 rings (SSSR count). The van der Waals surface area contributed by atoms with Crippen LogP contribution in [0.4, 0.5) is 0 Å². The van der Waals surface area contributed by atoms with Crippen LogP contribution in [0.25, 0.3) is 0 Å². The molecule has 0 bridgehead atoms. The largest absolute Gasteiger partial charge is 0.459 e. The van der Waals surface area contributed by atoms with Crippen LogP contribution in [0.5, 0.6) is 0 Å². The maximum absolute atomic E-state index is 11.3. The van der Waals surface area contributed by atoms with Gasteiger partial charge in [-0.25, -0.2) is 4.79 Å². The fourth-order valence-electron chi connectivity index (χ4n) is 4.88. The first-order chi connectivity index (χ1) is 11.7. The Kier molecular flexibility index (Phi) is 8.91. The van der Waals surface area contributed by atoms with Crippen LogP contribution in [0, 0.1) is 17.8 Å². The van der Waals surface area contributed by atoms with Crippen molar-refractivity contribution >= 4 is 5.97 Å². The van der Waals surface area contributed by atoms with Crippen LogP contribution in [-0.4, -0.2) is 12.1 Å². The molecular weight excluding hydrogens is 296 g/mol. The Hall–Kier alpha value is -0.790. The third-order valence-electron chi connectivity index (χ3n) is 6.44. The Labute approximate surface area is 149 Å². The van der Waals surface area contributed by atoms with E-state index in [-0.39, 0.29) is 12.1 Å². The predicted molar refractivity (Wildman–Crippen MR) is 101 cm³/mol. The first-order valence-electron chi connectivity index (χ1n) is 10.6. The minimum atomic E-state index is -0.252. The van der Waals surface area contributed by atoms with Crippen molar-refractivity contribution in [3.8, 4) is 0 Å². The second-order valence-electron chi connectivity index (χ2n) is 8.16. The normalized spacial score (nSPS) is 30.7. The van der Waals surface area contributed by atoms with E-state index in [1.54, 1.807) is 0 Å². The van der Waals surface area contributed by atoms with Gasteiger partial charge in [-0.1, -0.05) is 64.9 Å². The zero-order chi connectivity index (χ0) is 17.2. The average molecular weight is 335 g/mol. The van der Waals surface area contributed by atoms with Crippen LogP contribution in [-0.2, 0) is 9.53 Å². The second kappa shape index (κ2) is 10.9. The van der Waals surface area contributed by atoms with Gasteiger partial charge in [-0.15, -0.1) is 0 Å². The van der Waals surface area contributed by atoms with Crippen LogP contribution in [0.15, 0.2) is 12.7 Å². The highest BCUT2D eigenvalue weighted by molar-refractivity contribution is 5.81.